The minimum atomic E-state index is -0.112. The molecule has 0 radical (unpaired) electrons. The number of pyridine rings is 1. The van der Waals surface area contributed by atoms with Gasteiger partial charge in [-0.25, -0.2) is 4.98 Å². The van der Waals surface area contributed by atoms with Crippen LogP contribution in [0.4, 0.5) is 0 Å². The number of hydrogen-bond donors (Lipinski definition) is 2. The number of amides is 1. The van der Waals surface area contributed by atoms with Crippen LogP contribution in [-0.4, -0.2) is 74.4 Å². The predicted octanol–water partition coefficient (Wildman–Crippen LogP) is 3.63. The summed E-state index contributed by atoms with van der Waals surface area (Å²) in [5, 5.41) is 18.3. The number of ether oxygens (including phenoxy) is 1. The number of H-pyrrole nitrogens is 1. The summed E-state index contributed by atoms with van der Waals surface area (Å²) in [7, 11) is 1.59. The number of phenolic OH excluding ortho intramolecular Hbond substituents is 1. The standard InChI is InChI=1S/C26H33N5O3/c1-17-13-31(23(33)15-34-3)26(10-4-5-11-26)16-30(17)14-20-12-22(19-6-8-21(32)9-7-19)27-25-24(20)18(2)28-29-25/h6-9,12,17,32H,4-5,10-11,13-16H2,1-3H3,(H,27,28,29). The summed E-state index contributed by atoms with van der Waals surface area (Å²) >= 11 is 0. The van der Waals surface area contributed by atoms with E-state index in [1.165, 1.54) is 5.56 Å². The number of nitrogens with one attached hydrogen (secondary N) is 1. The summed E-state index contributed by atoms with van der Waals surface area (Å²) < 4.78 is 5.19. The third-order valence-electron chi connectivity index (χ3n) is 7.57. The first-order valence-corrected chi connectivity index (χ1v) is 12.1. The van der Waals surface area contributed by atoms with Gasteiger partial charge < -0.3 is 14.7 Å². The van der Waals surface area contributed by atoms with Crippen LogP contribution >= 0.6 is 0 Å². The van der Waals surface area contributed by atoms with E-state index in [2.05, 4.69) is 33.0 Å². The first-order valence-electron chi connectivity index (χ1n) is 12.1. The zero-order valence-electron chi connectivity index (χ0n) is 20.2. The Morgan fingerprint density at radius 2 is 2.00 bits per heavy atom. The summed E-state index contributed by atoms with van der Waals surface area (Å²) in [4.78, 5) is 22.3. The summed E-state index contributed by atoms with van der Waals surface area (Å²) in [6.45, 7) is 6.72. The van der Waals surface area contributed by atoms with E-state index >= 15 is 0 Å². The SMILES string of the molecule is COCC(=O)N1CC(C)N(Cc2cc(-c3ccc(O)cc3)nc3n[nH]c(C)c23)CC12CCCC2. The van der Waals surface area contributed by atoms with Gasteiger partial charge in [-0.2, -0.15) is 5.10 Å². The molecule has 1 aliphatic carbocycles. The van der Waals surface area contributed by atoms with Gasteiger partial charge in [0.1, 0.15) is 12.4 Å². The van der Waals surface area contributed by atoms with Crippen LogP contribution in [-0.2, 0) is 16.1 Å². The number of fused-ring (bicyclic) bond motifs is 1. The minimum Gasteiger partial charge on any atom is -0.508 e. The van der Waals surface area contributed by atoms with Crippen molar-refractivity contribution in [2.75, 3.05) is 26.8 Å². The fourth-order valence-electron chi connectivity index (χ4n) is 5.82. The van der Waals surface area contributed by atoms with E-state index in [0.29, 0.717) is 12.2 Å². The molecule has 0 bridgehead atoms. The second-order valence-corrected chi connectivity index (χ2v) is 9.88. The maximum absolute atomic E-state index is 12.9. The third kappa shape index (κ3) is 4.05. The number of benzene rings is 1. The van der Waals surface area contributed by atoms with E-state index in [9.17, 15) is 9.90 Å². The van der Waals surface area contributed by atoms with E-state index in [4.69, 9.17) is 9.72 Å². The van der Waals surface area contributed by atoms with Gasteiger partial charge in [0.2, 0.25) is 5.91 Å². The molecule has 1 spiro atoms. The van der Waals surface area contributed by atoms with Gasteiger partial charge in [0.25, 0.3) is 0 Å². The molecule has 1 aromatic carbocycles. The van der Waals surface area contributed by atoms with Gasteiger partial charge in [0.05, 0.1) is 11.2 Å². The van der Waals surface area contributed by atoms with Gasteiger partial charge >= 0.3 is 0 Å². The number of aromatic nitrogens is 3. The summed E-state index contributed by atoms with van der Waals surface area (Å²) in [5.74, 6) is 0.333. The highest BCUT2D eigenvalue weighted by molar-refractivity contribution is 5.84. The van der Waals surface area contributed by atoms with Crippen molar-refractivity contribution in [1.29, 1.82) is 0 Å². The van der Waals surface area contributed by atoms with Gasteiger partial charge in [-0.1, -0.05) is 12.8 Å². The van der Waals surface area contributed by atoms with Crippen molar-refractivity contribution in [3.05, 3.63) is 41.6 Å². The number of aryl methyl sites for hydroxylation is 1. The second-order valence-electron chi connectivity index (χ2n) is 9.88. The molecule has 8 heteroatoms. The van der Waals surface area contributed by atoms with Gasteiger partial charge in [-0.15, -0.1) is 0 Å². The van der Waals surface area contributed by atoms with Crippen molar-refractivity contribution in [3.63, 3.8) is 0 Å². The first kappa shape index (κ1) is 22.8. The van der Waals surface area contributed by atoms with Crippen LogP contribution in [0.2, 0.25) is 0 Å². The molecule has 1 atom stereocenters. The molecule has 1 amide bonds. The van der Waals surface area contributed by atoms with Crippen LogP contribution < -0.4 is 0 Å². The lowest BCUT2D eigenvalue weighted by atomic mass is 9.89. The van der Waals surface area contributed by atoms with Gasteiger partial charge in [0, 0.05) is 49.4 Å². The number of carbonyl (C=O) groups excluding carboxylic acids is 1. The lowest BCUT2D eigenvalue weighted by Crippen LogP contribution is -2.65. The molecular formula is C26H33N5O3. The Labute approximate surface area is 199 Å². The fourth-order valence-corrected chi connectivity index (χ4v) is 5.82. The third-order valence-corrected chi connectivity index (χ3v) is 7.57. The maximum atomic E-state index is 12.9. The van der Waals surface area contributed by atoms with E-state index in [-0.39, 0.29) is 29.8 Å². The molecule has 5 rings (SSSR count). The Morgan fingerprint density at radius 1 is 1.26 bits per heavy atom. The molecule has 1 unspecified atom stereocenters. The van der Waals surface area contributed by atoms with Gasteiger partial charge in [-0.3, -0.25) is 14.8 Å². The molecule has 3 aromatic rings. The van der Waals surface area contributed by atoms with Crippen molar-refractivity contribution in [2.24, 2.45) is 0 Å². The average Bonchev–Trinajstić information content (AvgIpc) is 3.44. The van der Waals surface area contributed by atoms with Crippen molar-refractivity contribution in [1.82, 2.24) is 25.0 Å². The van der Waals surface area contributed by atoms with Crippen LogP contribution in [0.3, 0.4) is 0 Å². The summed E-state index contributed by atoms with van der Waals surface area (Å²) in [6, 6.07) is 9.48. The highest BCUT2D eigenvalue weighted by Crippen LogP contribution is 2.40. The number of carbonyl (C=O) groups is 1. The highest BCUT2D eigenvalue weighted by atomic mass is 16.5. The lowest BCUT2D eigenvalue weighted by molar-refractivity contribution is -0.149. The molecule has 34 heavy (non-hydrogen) atoms. The van der Waals surface area contributed by atoms with Crippen LogP contribution in [0.25, 0.3) is 22.3 Å². The van der Waals surface area contributed by atoms with E-state index in [1.54, 1.807) is 19.2 Å². The van der Waals surface area contributed by atoms with E-state index in [0.717, 1.165) is 61.1 Å². The van der Waals surface area contributed by atoms with Crippen molar-refractivity contribution < 1.29 is 14.6 Å². The summed E-state index contributed by atoms with van der Waals surface area (Å²) in [5.41, 5.74) is 4.56. The van der Waals surface area contributed by atoms with Gasteiger partial charge in [-0.05, 0) is 62.6 Å². The maximum Gasteiger partial charge on any atom is 0.249 e. The Balaban J connectivity index is 1.49. The Hall–Kier alpha value is -2.97. The average molecular weight is 464 g/mol. The minimum absolute atomic E-state index is 0.0995. The molecule has 2 aromatic heterocycles. The molecule has 1 saturated heterocycles. The summed E-state index contributed by atoms with van der Waals surface area (Å²) in [6.07, 6.45) is 4.40. The number of hydrogen-bond acceptors (Lipinski definition) is 6. The molecule has 1 aliphatic heterocycles. The van der Waals surface area contributed by atoms with E-state index in [1.807, 2.05) is 19.1 Å². The number of aromatic hydroxyl groups is 1. The first-order chi connectivity index (χ1) is 16.4. The molecule has 8 nitrogen and oxygen atoms in total. The van der Waals surface area contributed by atoms with Crippen molar-refractivity contribution >= 4 is 16.9 Å². The molecule has 2 N–H and O–H groups in total. The Kier molecular flexibility index (Phi) is 6.04. The number of aromatic amines is 1. The fraction of sp³-hybridized carbons (Fsp3) is 0.500. The van der Waals surface area contributed by atoms with Crippen LogP contribution in [0, 0.1) is 6.92 Å². The Morgan fingerprint density at radius 3 is 2.71 bits per heavy atom. The monoisotopic (exact) mass is 463 g/mol. The zero-order chi connectivity index (χ0) is 23.9. The van der Waals surface area contributed by atoms with Crippen LogP contribution in [0.5, 0.6) is 5.75 Å². The molecule has 1 saturated carbocycles. The Bertz CT molecular complexity index is 1180. The zero-order valence-corrected chi connectivity index (χ0v) is 20.2. The number of methoxy groups -OCH3 is 1. The normalized spacial score (nSPS) is 20.4. The highest BCUT2D eigenvalue weighted by Gasteiger charge is 2.47. The number of phenols is 1. The predicted molar refractivity (Wildman–Crippen MR) is 130 cm³/mol. The van der Waals surface area contributed by atoms with E-state index < -0.39 is 0 Å². The quantitative estimate of drug-likeness (QED) is 0.600. The van der Waals surface area contributed by atoms with Gasteiger partial charge in [0.15, 0.2) is 5.65 Å². The number of nitrogens with zero attached hydrogens (tertiary/aromatic N) is 4. The lowest BCUT2D eigenvalue weighted by Gasteiger charge is -2.52. The molecule has 3 heterocycles. The molecule has 2 fully saturated rings. The number of piperazine rings is 1. The van der Waals surface area contributed by atoms with Crippen molar-refractivity contribution in [3.8, 4) is 17.0 Å². The van der Waals surface area contributed by atoms with Crippen molar-refractivity contribution in [2.45, 2.75) is 57.7 Å². The van der Waals surface area contributed by atoms with Crippen LogP contribution in [0.1, 0.15) is 43.9 Å². The largest absolute Gasteiger partial charge is 0.508 e. The van der Waals surface area contributed by atoms with Crippen LogP contribution in [0.15, 0.2) is 30.3 Å². The smallest absolute Gasteiger partial charge is 0.249 e. The molecular weight excluding hydrogens is 430 g/mol. The topological polar surface area (TPSA) is 94.6 Å². The molecule has 2 aliphatic rings. The number of rotatable bonds is 5. The molecule has 180 valence electrons. The second kappa shape index (κ2) is 9.00.